The molecule has 20 heavy (non-hydrogen) atoms. The average Bonchev–Trinajstić information content (AvgIpc) is 2.84. The summed E-state index contributed by atoms with van der Waals surface area (Å²) < 4.78 is 27.1. The van der Waals surface area contributed by atoms with Gasteiger partial charge in [-0.2, -0.15) is 0 Å². The van der Waals surface area contributed by atoms with Gasteiger partial charge in [-0.25, -0.2) is 8.78 Å². The fraction of sp³-hybridized carbons (Fsp3) is 0.647. The highest BCUT2D eigenvalue weighted by molar-refractivity contribution is 6.21. The third kappa shape index (κ3) is 3.33. The molecule has 0 bridgehead atoms. The van der Waals surface area contributed by atoms with Gasteiger partial charge in [0, 0.05) is 5.38 Å². The summed E-state index contributed by atoms with van der Waals surface area (Å²) in [5, 5.41) is -0.122. The molecule has 1 aliphatic carbocycles. The third-order valence-electron chi connectivity index (χ3n) is 4.51. The van der Waals surface area contributed by atoms with Crippen molar-refractivity contribution >= 4 is 11.6 Å². The zero-order valence-electron chi connectivity index (χ0n) is 12.3. The second-order valence-corrected chi connectivity index (χ2v) is 7.08. The van der Waals surface area contributed by atoms with Crippen molar-refractivity contribution in [1.82, 2.24) is 0 Å². The van der Waals surface area contributed by atoms with Crippen LogP contribution < -0.4 is 0 Å². The first kappa shape index (κ1) is 15.8. The molecule has 0 heterocycles. The summed E-state index contributed by atoms with van der Waals surface area (Å²) in [4.78, 5) is 0. The lowest BCUT2D eigenvalue weighted by Crippen LogP contribution is -2.32. The van der Waals surface area contributed by atoms with Crippen molar-refractivity contribution in [3.05, 3.63) is 35.4 Å². The summed E-state index contributed by atoms with van der Waals surface area (Å²) >= 11 is 6.66. The van der Waals surface area contributed by atoms with E-state index in [0.717, 1.165) is 25.3 Å². The molecule has 1 saturated carbocycles. The molecule has 0 N–H and O–H groups in total. The molecule has 3 heteroatoms. The smallest absolute Gasteiger partial charge is 0.162 e. The second-order valence-electron chi connectivity index (χ2n) is 6.55. The van der Waals surface area contributed by atoms with Crippen LogP contribution in [0.5, 0.6) is 0 Å². The van der Waals surface area contributed by atoms with Crippen LogP contribution in [-0.2, 0) is 6.42 Å². The molecule has 1 aromatic carbocycles. The molecule has 1 atom stereocenters. The predicted molar refractivity (Wildman–Crippen MR) is 80.1 cm³/mol. The summed E-state index contributed by atoms with van der Waals surface area (Å²) in [6.45, 7) is 4.40. The molecule has 0 spiro atoms. The zero-order chi connectivity index (χ0) is 14.8. The minimum atomic E-state index is -0.782. The molecule has 0 aliphatic heterocycles. The van der Waals surface area contributed by atoms with E-state index in [1.807, 2.05) is 0 Å². The van der Waals surface area contributed by atoms with Crippen LogP contribution in [0.2, 0.25) is 0 Å². The van der Waals surface area contributed by atoms with Crippen LogP contribution in [0.1, 0.15) is 51.5 Å². The van der Waals surface area contributed by atoms with Crippen molar-refractivity contribution in [3.8, 4) is 0 Å². The lowest BCUT2D eigenvalue weighted by Gasteiger charge is -2.36. The lowest BCUT2D eigenvalue weighted by molar-refractivity contribution is 0.220. The Balaban J connectivity index is 2.16. The van der Waals surface area contributed by atoms with Crippen LogP contribution >= 0.6 is 11.6 Å². The molecular formula is C17H23ClF2. The molecule has 112 valence electrons. The zero-order valence-corrected chi connectivity index (χ0v) is 13.0. The molecule has 0 nitrogen and oxygen atoms in total. The largest absolute Gasteiger partial charge is 0.204 e. The Kier molecular flexibility index (Phi) is 5.06. The maximum absolute atomic E-state index is 13.8. The molecule has 2 rings (SSSR count). The SMILES string of the molecule is CC(C)CC1(C(Cl)Cc2cccc(F)c2F)CCCC1. The van der Waals surface area contributed by atoms with Gasteiger partial charge in [0.1, 0.15) is 0 Å². The van der Waals surface area contributed by atoms with Gasteiger partial charge in [-0.15, -0.1) is 11.6 Å². The van der Waals surface area contributed by atoms with Crippen LogP contribution in [0.25, 0.3) is 0 Å². The van der Waals surface area contributed by atoms with E-state index in [1.54, 1.807) is 12.1 Å². The molecule has 0 radical (unpaired) electrons. The first-order valence-corrected chi connectivity index (χ1v) is 7.95. The van der Waals surface area contributed by atoms with Crippen molar-refractivity contribution in [2.24, 2.45) is 11.3 Å². The summed E-state index contributed by atoms with van der Waals surface area (Å²) in [5.74, 6) is -0.946. The molecule has 0 amide bonds. The van der Waals surface area contributed by atoms with Crippen molar-refractivity contribution in [1.29, 1.82) is 0 Å². The third-order valence-corrected chi connectivity index (χ3v) is 5.13. The summed E-state index contributed by atoms with van der Waals surface area (Å²) in [7, 11) is 0. The summed E-state index contributed by atoms with van der Waals surface area (Å²) in [6, 6.07) is 4.36. The molecular weight excluding hydrogens is 278 g/mol. The number of rotatable bonds is 5. The van der Waals surface area contributed by atoms with Crippen LogP contribution in [-0.4, -0.2) is 5.38 Å². The quantitative estimate of drug-likeness (QED) is 0.610. The van der Waals surface area contributed by atoms with Gasteiger partial charge in [0.25, 0.3) is 0 Å². The normalized spacial score (nSPS) is 19.5. The second kappa shape index (κ2) is 6.43. The first-order valence-electron chi connectivity index (χ1n) is 7.51. The van der Waals surface area contributed by atoms with E-state index in [0.29, 0.717) is 17.9 Å². The van der Waals surface area contributed by atoms with Gasteiger partial charge in [0.15, 0.2) is 11.6 Å². The number of benzene rings is 1. The predicted octanol–water partition coefficient (Wildman–Crippen LogP) is 5.72. The molecule has 0 aromatic heterocycles. The van der Waals surface area contributed by atoms with Gasteiger partial charge in [-0.3, -0.25) is 0 Å². The summed E-state index contributed by atoms with van der Waals surface area (Å²) in [6.07, 6.45) is 6.09. The minimum Gasteiger partial charge on any atom is -0.204 e. The van der Waals surface area contributed by atoms with E-state index in [2.05, 4.69) is 13.8 Å². The van der Waals surface area contributed by atoms with E-state index in [9.17, 15) is 8.78 Å². The van der Waals surface area contributed by atoms with Crippen molar-refractivity contribution < 1.29 is 8.78 Å². The number of hydrogen-bond donors (Lipinski definition) is 0. The van der Waals surface area contributed by atoms with Gasteiger partial charge >= 0.3 is 0 Å². The fourth-order valence-electron chi connectivity index (χ4n) is 3.65. The molecule has 1 aromatic rings. The highest BCUT2D eigenvalue weighted by Gasteiger charge is 2.40. The monoisotopic (exact) mass is 300 g/mol. The highest BCUT2D eigenvalue weighted by Crippen LogP contribution is 2.48. The topological polar surface area (TPSA) is 0 Å². The van der Waals surface area contributed by atoms with Gasteiger partial charge in [0.05, 0.1) is 0 Å². The molecule has 1 aliphatic rings. The summed E-state index contributed by atoms with van der Waals surface area (Å²) in [5.41, 5.74) is 0.495. The first-order chi connectivity index (χ1) is 9.44. The average molecular weight is 301 g/mol. The lowest BCUT2D eigenvalue weighted by atomic mass is 9.74. The Morgan fingerprint density at radius 2 is 1.85 bits per heavy atom. The number of alkyl halides is 1. The fourth-order valence-corrected chi connectivity index (χ4v) is 4.13. The van der Waals surface area contributed by atoms with E-state index in [4.69, 9.17) is 11.6 Å². The Labute approximate surface area is 125 Å². The number of halogens is 3. The van der Waals surface area contributed by atoms with E-state index < -0.39 is 11.6 Å². The minimum absolute atomic E-state index is 0.0917. The highest BCUT2D eigenvalue weighted by atomic mass is 35.5. The van der Waals surface area contributed by atoms with Gasteiger partial charge in [-0.1, -0.05) is 38.8 Å². The van der Waals surface area contributed by atoms with Crippen molar-refractivity contribution in [3.63, 3.8) is 0 Å². The van der Waals surface area contributed by atoms with Crippen LogP contribution in [0.15, 0.2) is 18.2 Å². The van der Waals surface area contributed by atoms with Gasteiger partial charge in [-0.05, 0) is 48.6 Å². The number of hydrogen-bond acceptors (Lipinski definition) is 0. The van der Waals surface area contributed by atoms with Crippen LogP contribution in [0.3, 0.4) is 0 Å². The maximum Gasteiger partial charge on any atom is 0.162 e. The van der Waals surface area contributed by atoms with Crippen molar-refractivity contribution in [2.75, 3.05) is 0 Å². The van der Waals surface area contributed by atoms with E-state index in [1.165, 1.54) is 12.8 Å². The molecule has 1 fully saturated rings. The van der Waals surface area contributed by atoms with Crippen molar-refractivity contribution in [2.45, 2.75) is 57.7 Å². The Morgan fingerprint density at radius 1 is 1.20 bits per heavy atom. The standard InChI is InChI=1S/C17H23ClF2/c1-12(2)11-17(8-3-4-9-17)15(18)10-13-6-5-7-14(19)16(13)20/h5-7,12,15H,3-4,8-11H2,1-2H3. The van der Waals surface area contributed by atoms with Gasteiger partial charge < -0.3 is 0 Å². The molecule has 1 unspecified atom stereocenters. The van der Waals surface area contributed by atoms with Crippen LogP contribution in [0.4, 0.5) is 8.78 Å². The Morgan fingerprint density at radius 3 is 2.45 bits per heavy atom. The van der Waals surface area contributed by atoms with Gasteiger partial charge in [0.2, 0.25) is 0 Å². The van der Waals surface area contributed by atoms with E-state index in [-0.39, 0.29) is 10.8 Å². The van der Waals surface area contributed by atoms with E-state index >= 15 is 0 Å². The molecule has 0 saturated heterocycles. The maximum atomic E-state index is 13.8. The Hall–Kier alpha value is -0.630. The van der Waals surface area contributed by atoms with Crippen LogP contribution in [0, 0.1) is 23.0 Å². The Bertz CT molecular complexity index is 450.